The molecule has 1 aliphatic heterocycles. The van der Waals surface area contributed by atoms with Crippen LogP contribution in [0, 0.1) is 0 Å². The van der Waals surface area contributed by atoms with Gasteiger partial charge in [-0.1, -0.05) is 11.6 Å². The van der Waals surface area contributed by atoms with Crippen molar-refractivity contribution in [2.75, 3.05) is 13.1 Å². The van der Waals surface area contributed by atoms with E-state index in [0.717, 1.165) is 37.0 Å². The third-order valence-electron chi connectivity index (χ3n) is 3.56. The Bertz CT molecular complexity index is 779. The van der Waals surface area contributed by atoms with E-state index in [1.165, 1.54) is 0 Å². The number of imidazole rings is 1. The van der Waals surface area contributed by atoms with E-state index in [9.17, 15) is 18.0 Å². The van der Waals surface area contributed by atoms with Crippen molar-refractivity contribution in [1.29, 1.82) is 0 Å². The van der Waals surface area contributed by atoms with E-state index in [1.54, 1.807) is 6.07 Å². The summed E-state index contributed by atoms with van der Waals surface area (Å²) in [6, 6.07) is 5.77. The molecule has 1 atom stereocenters. The van der Waals surface area contributed by atoms with Gasteiger partial charge in [0.2, 0.25) is 0 Å². The van der Waals surface area contributed by atoms with E-state index in [-0.39, 0.29) is 11.7 Å². The van der Waals surface area contributed by atoms with Crippen molar-refractivity contribution in [3.05, 3.63) is 33.7 Å². The number of nitrogens with zero attached hydrogens (tertiary/aromatic N) is 1. The lowest BCUT2D eigenvalue weighted by Gasteiger charge is -2.23. The molecular formula is C14H15ClF3N3O3. The number of aromatic nitrogens is 2. The van der Waals surface area contributed by atoms with Crippen molar-refractivity contribution in [3.63, 3.8) is 0 Å². The first-order chi connectivity index (χ1) is 11.2. The van der Waals surface area contributed by atoms with Crippen molar-refractivity contribution in [3.8, 4) is 0 Å². The number of rotatable bonds is 1. The SMILES string of the molecule is O=C(O)C(F)(F)F.O=c1[nH]c2cc(Cl)ccc2n1C1CCCNC1. The topological polar surface area (TPSA) is 87.1 Å². The quantitative estimate of drug-likeness (QED) is 0.724. The zero-order valence-corrected chi connectivity index (χ0v) is 13.1. The number of nitrogens with one attached hydrogen (secondary N) is 2. The summed E-state index contributed by atoms with van der Waals surface area (Å²) in [5.41, 5.74) is 1.71. The normalized spacial score (nSPS) is 18.1. The summed E-state index contributed by atoms with van der Waals surface area (Å²) in [6.07, 6.45) is -2.93. The van der Waals surface area contributed by atoms with Crippen LogP contribution in [-0.4, -0.2) is 39.9 Å². The second-order valence-corrected chi connectivity index (χ2v) is 5.70. The lowest BCUT2D eigenvalue weighted by molar-refractivity contribution is -0.192. The smallest absolute Gasteiger partial charge is 0.475 e. The number of benzene rings is 1. The van der Waals surface area contributed by atoms with Gasteiger partial charge in [0.25, 0.3) is 0 Å². The van der Waals surface area contributed by atoms with Crippen LogP contribution < -0.4 is 11.0 Å². The first kappa shape index (κ1) is 18.3. The third-order valence-corrected chi connectivity index (χ3v) is 3.79. The van der Waals surface area contributed by atoms with E-state index in [0.29, 0.717) is 5.02 Å². The molecule has 0 radical (unpaired) electrons. The van der Waals surface area contributed by atoms with Gasteiger partial charge in [0.15, 0.2) is 0 Å². The summed E-state index contributed by atoms with van der Waals surface area (Å²) in [6.45, 7) is 1.90. The molecule has 0 saturated carbocycles. The van der Waals surface area contributed by atoms with E-state index < -0.39 is 12.1 Å². The highest BCUT2D eigenvalue weighted by molar-refractivity contribution is 6.31. The van der Waals surface area contributed by atoms with Gasteiger partial charge in [0, 0.05) is 11.6 Å². The lowest BCUT2D eigenvalue weighted by atomic mass is 10.1. The number of carboxylic acids is 1. The fourth-order valence-corrected chi connectivity index (χ4v) is 2.69. The number of piperidine rings is 1. The number of halogens is 4. The molecule has 2 heterocycles. The average Bonchev–Trinajstić information content (AvgIpc) is 2.82. The number of H-pyrrole nitrogens is 1. The second kappa shape index (κ2) is 7.27. The van der Waals surface area contributed by atoms with Crippen LogP contribution in [0.1, 0.15) is 18.9 Å². The molecule has 1 aromatic heterocycles. The molecule has 3 rings (SSSR count). The summed E-state index contributed by atoms with van der Waals surface area (Å²) in [4.78, 5) is 23.7. The van der Waals surface area contributed by atoms with Gasteiger partial charge in [-0.05, 0) is 37.6 Å². The van der Waals surface area contributed by atoms with Crippen LogP contribution in [-0.2, 0) is 4.79 Å². The molecule has 0 amide bonds. The van der Waals surface area contributed by atoms with Crippen molar-refractivity contribution >= 4 is 28.6 Å². The molecule has 0 spiro atoms. The minimum Gasteiger partial charge on any atom is -0.475 e. The molecule has 10 heteroatoms. The molecule has 24 heavy (non-hydrogen) atoms. The van der Waals surface area contributed by atoms with Crippen LogP contribution in [0.25, 0.3) is 11.0 Å². The summed E-state index contributed by atoms with van der Waals surface area (Å²) >= 11 is 5.92. The zero-order valence-electron chi connectivity index (χ0n) is 12.4. The number of aromatic amines is 1. The van der Waals surface area contributed by atoms with Gasteiger partial charge >= 0.3 is 17.8 Å². The Hall–Kier alpha value is -2.00. The maximum absolute atomic E-state index is 12.0. The van der Waals surface area contributed by atoms with Crippen molar-refractivity contribution in [1.82, 2.24) is 14.9 Å². The standard InChI is InChI=1S/C12H14ClN3O.C2HF3O2/c13-8-3-4-11-10(6-8)15-12(17)16(11)9-2-1-5-14-7-9;3-2(4,5)1(6)7/h3-4,6,9,14H,1-2,5,7H2,(H,15,17);(H,6,7). The van der Waals surface area contributed by atoms with Crippen LogP contribution in [0.3, 0.4) is 0 Å². The first-order valence-corrected chi connectivity index (χ1v) is 7.48. The van der Waals surface area contributed by atoms with Crippen LogP contribution in [0.4, 0.5) is 13.2 Å². The average molecular weight is 366 g/mol. The number of carboxylic acid groups (broad SMARTS) is 1. The number of fused-ring (bicyclic) bond motifs is 1. The second-order valence-electron chi connectivity index (χ2n) is 5.26. The number of alkyl halides is 3. The summed E-state index contributed by atoms with van der Waals surface area (Å²) in [7, 11) is 0. The van der Waals surface area contributed by atoms with Gasteiger partial charge in [-0.25, -0.2) is 9.59 Å². The lowest BCUT2D eigenvalue weighted by Crippen LogP contribution is -2.35. The summed E-state index contributed by atoms with van der Waals surface area (Å²) in [5, 5.41) is 11.1. The Kier molecular flexibility index (Phi) is 5.55. The van der Waals surface area contributed by atoms with Crippen molar-refractivity contribution in [2.45, 2.75) is 25.1 Å². The van der Waals surface area contributed by atoms with Gasteiger partial charge in [-0.15, -0.1) is 0 Å². The number of hydrogen-bond donors (Lipinski definition) is 3. The molecule has 1 aliphatic rings. The number of carbonyl (C=O) groups is 1. The Balaban J connectivity index is 0.000000256. The van der Waals surface area contributed by atoms with Crippen molar-refractivity contribution < 1.29 is 23.1 Å². The highest BCUT2D eigenvalue weighted by Gasteiger charge is 2.38. The first-order valence-electron chi connectivity index (χ1n) is 7.10. The molecule has 6 nitrogen and oxygen atoms in total. The van der Waals surface area contributed by atoms with Crippen LogP contribution in [0.15, 0.2) is 23.0 Å². The monoisotopic (exact) mass is 365 g/mol. The highest BCUT2D eigenvalue weighted by atomic mass is 35.5. The highest BCUT2D eigenvalue weighted by Crippen LogP contribution is 2.22. The third kappa shape index (κ3) is 4.30. The number of hydrogen-bond acceptors (Lipinski definition) is 3. The molecular weight excluding hydrogens is 351 g/mol. The van der Waals surface area contributed by atoms with Gasteiger partial charge in [0.1, 0.15) is 0 Å². The maximum Gasteiger partial charge on any atom is 0.490 e. The minimum atomic E-state index is -5.08. The van der Waals surface area contributed by atoms with Gasteiger partial charge in [0.05, 0.1) is 17.1 Å². The Morgan fingerprint density at radius 2 is 2.04 bits per heavy atom. The minimum absolute atomic E-state index is 0.0454. The molecule has 1 fully saturated rings. The molecule has 1 aromatic carbocycles. The van der Waals surface area contributed by atoms with E-state index in [1.807, 2.05) is 16.7 Å². The van der Waals surface area contributed by atoms with E-state index in [2.05, 4.69) is 10.3 Å². The van der Waals surface area contributed by atoms with Crippen LogP contribution in [0.2, 0.25) is 5.02 Å². The Morgan fingerprint density at radius 1 is 1.38 bits per heavy atom. The fraction of sp³-hybridized carbons (Fsp3) is 0.429. The summed E-state index contributed by atoms with van der Waals surface area (Å²) < 4.78 is 33.6. The largest absolute Gasteiger partial charge is 0.490 e. The summed E-state index contributed by atoms with van der Waals surface area (Å²) in [5.74, 6) is -2.76. The Labute approximate surface area is 139 Å². The van der Waals surface area contributed by atoms with Crippen LogP contribution in [0.5, 0.6) is 0 Å². The molecule has 1 saturated heterocycles. The van der Waals surface area contributed by atoms with Gasteiger partial charge in [-0.2, -0.15) is 13.2 Å². The molecule has 132 valence electrons. The molecule has 0 bridgehead atoms. The van der Waals surface area contributed by atoms with Crippen LogP contribution >= 0.6 is 11.6 Å². The predicted molar refractivity (Wildman–Crippen MR) is 82.4 cm³/mol. The van der Waals surface area contributed by atoms with E-state index in [4.69, 9.17) is 21.5 Å². The molecule has 3 N–H and O–H groups in total. The van der Waals surface area contributed by atoms with Gasteiger partial charge in [-0.3, -0.25) is 4.57 Å². The maximum atomic E-state index is 12.0. The van der Waals surface area contributed by atoms with Crippen molar-refractivity contribution in [2.24, 2.45) is 0 Å². The number of aliphatic carboxylic acids is 1. The molecule has 0 aliphatic carbocycles. The zero-order chi connectivity index (χ0) is 17.9. The van der Waals surface area contributed by atoms with Gasteiger partial charge < -0.3 is 15.4 Å². The molecule has 2 aromatic rings. The molecule has 1 unspecified atom stereocenters. The Morgan fingerprint density at radius 3 is 2.58 bits per heavy atom. The fourth-order valence-electron chi connectivity index (χ4n) is 2.52. The van der Waals surface area contributed by atoms with E-state index >= 15 is 0 Å². The predicted octanol–water partition coefficient (Wildman–Crippen LogP) is 2.54.